The van der Waals surface area contributed by atoms with Gasteiger partial charge < -0.3 is 14.8 Å². The lowest BCUT2D eigenvalue weighted by atomic mass is 10.1. The summed E-state index contributed by atoms with van der Waals surface area (Å²) in [5, 5.41) is 2.75. The molecule has 1 N–H and O–H groups in total. The predicted molar refractivity (Wildman–Crippen MR) is 138 cm³/mol. The highest BCUT2D eigenvalue weighted by atomic mass is 32.2. The quantitative estimate of drug-likeness (QED) is 0.398. The van der Waals surface area contributed by atoms with Gasteiger partial charge in [-0.2, -0.15) is 0 Å². The monoisotopic (exact) mass is 496 g/mol. The minimum Gasteiger partial charge on any atom is -0.494 e. The van der Waals surface area contributed by atoms with E-state index in [0.29, 0.717) is 18.0 Å². The molecule has 0 heterocycles. The van der Waals surface area contributed by atoms with E-state index in [4.69, 9.17) is 9.47 Å². The van der Waals surface area contributed by atoms with Crippen molar-refractivity contribution < 1.29 is 22.7 Å². The van der Waals surface area contributed by atoms with Crippen LogP contribution in [0.4, 0.5) is 5.69 Å². The highest BCUT2D eigenvalue weighted by Gasteiger charge is 2.27. The first-order chi connectivity index (χ1) is 16.7. The van der Waals surface area contributed by atoms with Crippen LogP contribution in [-0.2, 0) is 14.8 Å². The van der Waals surface area contributed by atoms with Gasteiger partial charge in [0, 0.05) is 0 Å². The summed E-state index contributed by atoms with van der Waals surface area (Å²) in [6.45, 7) is 8.39. The lowest BCUT2D eigenvalue weighted by Gasteiger charge is -2.24. The third-order valence-corrected chi connectivity index (χ3v) is 7.13. The first-order valence-electron chi connectivity index (χ1n) is 11.5. The van der Waals surface area contributed by atoms with E-state index in [1.807, 2.05) is 58.0 Å². The number of hydrogen-bond donors (Lipinski definition) is 1. The lowest BCUT2D eigenvalue weighted by Crippen LogP contribution is -2.41. The molecule has 0 radical (unpaired) electrons. The van der Waals surface area contributed by atoms with E-state index >= 15 is 0 Å². The Labute approximate surface area is 207 Å². The summed E-state index contributed by atoms with van der Waals surface area (Å²) in [6, 6.07) is 19.1. The summed E-state index contributed by atoms with van der Waals surface area (Å²) in [6.07, 6.45) is 0. The molecule has 0 aromatic heterocycles. The van der Waals surface area contributed by atoms with Crippen molar-refractivity contribution in [2.24, 2.45) is 0 Å². The van der Waals surface area contributed by atoms with Crippen LogP contribution in [0.3, 0.4) is 0 Å². The van der Waals surface area contributed by atoms with Gasteiger partial charge in [-0.15, -0.1) is 0 Å². The van der Waals surface area contributed by atoms with E-state index in [2.05, 4.69) is 5.32 Å². The highest BCUT2D eigenvalue weighted by Crippen LogP contribution is 2.25. The van der Waals surface area contributed by atoms with Crippen LogP contribution in [0.2, 0.25) is 0 Å². The molecule has 3 rings (SSSR count). The summed E-state index contributed by atoms with van der Waals surface area (Å²) in [4.78, 5) is 12.8. The molecule has 0 bridgehead atoms. The van der Waals surface area contributed by atoms with Crippen LogP contribution in [0.15, 0.2) is 71.6 Å². The maximum absolute atomic E-state index is 13.5. The van der Waals surface area contributed by atoms with E-state index in [0.717, 1.165) is 26.7 Å². The van der Waals surface area contributed by atoms with Crippen molar-refractivity contribution in [2.45, 2.75) is 32.6 Å². The molecule has 1 amide bonds. The molecule has 8 heteroatoms. The Hall–Kier alpha value is -3.52. The topological polar surface area (TPSA) is 84.9 Å². The van der Waals surface area contributed by atoms with E-state index in [9.17, 15) is 13.2 Å². The number of hydrogen-bond acceptors (Lipinski definition) is 5. The van der Waals surface area contributed by atoms with Crippen LogP contribution >= 0.6 is 0 Å². The number of rotatable bonds is 11. The number of ether oxygens (including phenoxy) is 2. The zero-order valence-corrected chi connectivity index (χ0v) is 21.4. The molecule has 0 fully saturated rings. The van der Waals surface area contributed by atoms with E-state index in [1.165, 1.54) is 12.1 Å². The number of amides is 1. The van der Waals surface area contributed by atoms with Gasteiger partial charge in [-0.05, 0) is 75.7 Å². The van der Waals surface area contributed by atoms with Gasteiger partial charge in [0.25, 0.3) is 10.0 Å². The first kappa shape index (κ1) is 26.1. The molecule has 35 heavy (non-hydrogen) atoms. The Bertz CT molecular complexity index is 1240. The maximum atomic E-state index is 13.5. The fraction of sp³-hybridized carbons (Fsp3) is 0.296. The molecule has 0 atom stereocenters. The van der Waals surface area contributed by atoms with Crippen molar-refractivity contribution >= 4 is 21.6 Å². The summed E-state index contributed by atoms with van der Waals surface area (Å²) < 4.78 is 39.2. The molecule has 3 aromatic rings. The van der Waals surface area contributed by atoms with Gasteiger partial charge in [0.1, 0.15) is 24.7 Å². The van der Waals surface area contributed by atoms with Gasteiger partial charge in [-0.3, -0.25) is 9.10 Å². The molecule has 0 unspecified atom stereocenters. The number of benzene rings is 3. The Kier molecular flexibility index (Phi) is 8.76. The van der Waals surface area contributed by atoms with Crippen molar-refractivity contribution in [1.82, 2.24) is 5.32 Å². The number of nitrogens with zero attached hydrogens (tertiary/aromatic N) is 1. The molecule has 7 nitrogen and oxygen atoms in total. The predicted octanol–water partition coefficient (Wildman–Crippen LogP) is 4.40. The Balaban J connectivity index is 1.71. The second kappa shape index (κ2) is 11.8. The van der Waals surface area contributed by atoms with E-state index in [1.54, 1.807) is 24.3 Å². The Morgan fingerprint density at radius 1 is 0.886 bits per heavy atom. The van der Waals surface area contributed by atoms with Gasteiger partial charge in [-0.25, -0.2) is 8.42 Å². The van der Waals surface area contributed by atoms with Crippen molar-refractivity contribution in [3.05, 3.63) is 83.4 Å². The number of carbonyl (C=O) groups excluding carboxylic acids is 1. The van der Waals surface area contributed by atoms with Crippen LogP contribution in [0.1, 0.15) is 23.6 Å². The second-order valence-corrected chi connectivity index (χ2v) is 10.1. The van der Waals surface area contributed by atoms with Gasteiger partial charge in [0.05, 0.1) is 23.7 Å². The highest BCUT2D eigenvalue weighted by molar-refractivity contribution is 7.92. The van der Waals surface area contributed by atoms with Crippen LogP contribution in [0.25, 0.3) is 0 Å². The van der Waals surface area contributed by atoms with Crippen molar-refractivity contribution in [3.8, 4) is 11.5 Å². The third-order valence-electron chi connectivity index (χ3n) is 5.34. The van der Waals surface area contributed by atoms with Crippen LogP contribution < -0.4 is 19.1 Å². The molecule has 0 saturated heterocycles. The van der Waals surface area contributed by atoms with Crippen LogP contribution in [-0.4, -0.2) is 40.6 Å². The third kappa shape index (κ3) is 6.99. The first-order valence-corrected chi connectivity index (χ1v) is 12.9. The minimum atomic E-state index is -3.99. The summed E-state index contributed by atoms with van der Waals surface area (Å²) in [7, 11) is -3.99. The fourth-order valence-corrected chi connectivity index (χ4v) is 4.95. The number of nitrogens with one attached hydrogen (secondary N) is 1. The van der Waals surface area contributed by atoms with Crippen LogP contribution in [0.5, 0.6) is 11.5 Å². The van der Waals surface area contributed by atoms with Crippen molar-refractivity contribution in [3.63, 3.8) is 0 Å². The molecule has 0 aliphatic rings. The van der Waals surface area contributed by atoms with Crippen molar-refractivity contribution in [1.29, 1.82) is 0 Å². The zero-order chi connectivity index (χ0) is 25.4. The lowest BCUT2D eigenvalue weighted by molar-refractivity contribution is -0.119. The van der Waals surface area contributed by atoms with Gasteiger partial charge in [0.2, 0.25) is 5.91 Å². The summed E-state index contributed by atoms with van der Waals surface area (Å²) >= 11 is 0. The Morgan fingerprint density at radius 3 is 2.17 bits per heavy atom. The van der Waals surface area contributed by atoms with Gasteiger partial charge >= 0.3 is 0 Å². The van der Waals surface area contributed by atoms with Crippen molar-refractivity contribution in [2.75, 3.05) is 30.6 Å². The average Bonchev–Trinajstić information content (AvgIpc) is 2.82. The van der Waals surface area contributed by atoms with E-state index < -0.39 is 15.9 Å². The maximum Gasteiger partial charge on any atom is 0.264 e. The molecule has 3 aromatic carbocycles. The molecule has 0 saturated carbocycles. The summed E-state index contributed by atoms with van der Waals surface area (Å²) in [5.74, 6) is 0.906. The van der Waals surface area contributed by atoms with E-state index in [-0.39, 0.29) is 24.6 Å². The smallest absolute Gasteiger partial charge is 0.264 e. The molecule has 186 valence electrons. The number of carbonyl (C=O) groups is 1. The fourth-order valence-electron chi connectivity index (χ4n) is 3.53. The SMILES string of the molecule is CCOc1ccc(S(=O)(=O)N(CC(=O)NCCOc2ccc(C)cc2C)c2ccc(C)cc2)cc1. The molecular formula is C27H32N2O5S. The molecule has 0 aliphatic carbocycles. The van der Waals surface area contributed by atoms with Crippen LogP contribution in [0, 0.1) is 20.8 Å². The molecule has 0 spiro atoms. The summed E-state index contributed by atoms with van der Waals surface area (Å²) in [5.41, 5.74) is 3.56. The average molecular weight is 497 g/mol. The molecular weight excluding hydrogens is 464 g/mol. The molecule has 0 aliphatic heterocycles. The normalized spacial score (nSPS) is 11.1. The number of anilines is 1. The van der Waals surface area contributed by atoms with Gasteiger partial charge in [-0.1, -0.05) is 35.4 Å². The van der Waals surface area contributed by atoms with Gasteiger partial charge in [0.15, 0.2) is 0 Å². The zero-order valence-electron chi connectivity index (χ0n) is 20.6. The number of sulfonamides is 1. The minimum absolute atomic E-state index is 0.0764. The number of aryl methyl sites for hydroxylation is 3. The largest absolute Gasteiger partial charge is 0.494 e. The Morgan fingerprint density at radius 2 is 1.54 bits per heavy atom. The second-order valence-electron chi connectivity index (χ2n) is 8.22. The standard InChI is InChI=1S/C27H32N2O5S/c1-5-33-24-11-13-25(14-12-24)35(31,32)29(23-9-6-20(2)7-10-23)19-27(30)28-16-17-34-26-15-8-21(3)18-22(26)4/h6-15,18H,5,16-17,19H2,1-4H3,(H,28,30).